The van der Waals surface area contributed by atoms with E-state index in [1.165, 1.54) is 0 Å². The molecule has 19 heavy (non-hydrogen) atoms. The van der Waals surface area contributed by atoms with Crippen molar-refractivity contribution in [3.8, 4) is 5.75 Å². The molecule has 0 amide bonds. The second-order valence-electron chi connectivity index (χ2n) is 4.71. The summed E-state index contributed by atoms with van der Waals surface area (Å²) in [5.74, 6) is -0.498. The van der Waals surface area contributed by atoms with Crippen molar-refractivity contribution in [1.82, 2.24) is 0 Å². The van der Waals surface area contributed by atoms with Gasteiger partial charge < -0.3 is 14.6 Å². The molecule has 5 heteroatoms. The molecule has 2 atom stereocenters. The average molecular weight is 376 g/mol. The van der Waals surface area contributed by atoms with E-state index in [0.717, 1.165) is 29.3 Å². The van der Waals surface area contributed by atoms with E-state index in [4.69, 9.17) is 9.47 Å². The van der Waals surface area contributed by atoms with Crippen molar-refractivity contribution in [3.63, 3.8) is 0 Å². The second-order valence-corrected chi connectivity index (χ2v) is 5.96. The fraction of sp³-hybridized carbons (Fsp3) is 0.500. The number of benzene rings is 1. The Balaban J connectivity index is 2.12. The molecule has 0 radical (unpaired) electrons. The molecule has 1 saturated carbocycles. The third kappa shape index (κ3) is 3.82. The molecule has 4 nitrogen and oxygen atoms in total. The number of hydrogen-bond donors (Lipinski definition) is 1. The van der Waals surface area contributed by atoms with Crippen LogP contribution in [-0.2, 0) is 4.74 Å². The van der Waals surface area contributed by atoms with Gasteiger partial charge in [-0.25, -0.2) is 4.79 Å². The van der Waals surface area contributed by atoms with Gasteiger partial charge in [0.15, 0.2) is 0 Å². The minimum Gasteiger partial charge on any atom is -0.489 e. The normalized spacial score (nSPS) is 23.1. The molecule has 0 heterocycles. The maximum absolute atomic E-state index is 11.2. The maximum Gasteiger partial charge on any atom is 0.339 e. The van der Waals surface area contributed by atoms with Gasteiger partial charge in [-0.3, -0.25) is 0 Å². The summed E-state index contributed by atoms with van der Waals surface area (Å²) in [5.41, 5.74) is 0.228. The van der Waals surface area contributed by atoms with Crippen LogP contribution in [-0.4, -0.2) is 30.4 Å². The molecule has 0 saturated heterocycles. The van der Waals surface area contributed by atoms with E-state index in [1.54, 1.807) is 19.2 Å². The summed E-state index contributed by atoms with van der Waals surface area (Å²) in [6.07, 6.45) is 4.13. The molecule has 1 N–H and O–H groups in total. The summed E-state index contributed by atoms with van der Waals surface area (Å²) in [7, 11) is 1.71. The molecule has 2 unspecified atom stereocenters. The van der Waals surface area contributed by atoms with Crippen LogP contribution in [0.1, 0.15) is 36.0 Å². The molecule has 0 aliphatic heterocycles. The zero-order chi connectivity index (χ0) is 13.8. The number of carboxylic acids is 1. The van der Waals surface area contributed by atoms with E-state index < -0.39 is 5.97 Å². The highest BCUT2D eigenvalue weighted by atomic mass is 127. The topological polar surface area (TPSA) is 55.8 Å². The molecule has 1 aromatic carbocycles. The second kappa shape index (κ2) is 6.56. The number of rotatable bonds is 4. The van der Waals surface area contributed by atoms with Gasteiger partial charge in [0, 0.05) is 17.1 Å². The smallest absolute Gasteiger partial charge is 0.339 e. The van der Waals surface area contributed by atoms with Gasteiger partial charge in [-0.1, -0.05) is 0 Å². The van der Waals surface area contributed by atoms with Gasteiger partial charge in [0.25, 0.3) is 0 Å². The highest BCUT2D eigenvalue weighted by Crippen LogP contribution is 2.28. The van der Waals surface area contributed by atoms with Gasteiger partial charge in [-0.2, -0.15) is 0 Å². The summed E-state index contributed by atoms with van der Waals surface area (Å²) in [4.78, 5) is 11.2. The summed E-state index contributed by atoms with van der Waals surface area (Å²) in [5, 5.41) is 9.21. The summed E-state index contributed by atoms with van der Waals surface area (Å²) in [6.45, 7) is 0. The lowest BCUT2D eigenvalue weighted by Gasteiger charge is -2.29. The first-order valence-corrected chi connectivity index (χ1v) is 7.40. The molecule has 1 aromatic rings. The molecular weight excluding hydrogens is 359 g/mol. The lowest BCUT2D eigenvalue weighted by molar-refractivity contribution is 0.0204. The van der Waals surface area contributed by atoms with E-state index in [-0.39, 0.29) is 17.8 Å². The van der Waals surface area contributed by atoms with Crippen molar-refractivity contribution in [2.75, 3.05) is 7.11 Å². The molecule has 1 fully saturated rings. The summed E-state index contributed by atoms with van der Waals surface area (Å²) < 4.78 is 12.1. The molecule has 104 valence electrons. The number of aromatic carboxylic acids is 1. The van der Waals surface area contributed by atoms with Crippen LogP contribution in [0.2, 0.25) is 0 Å². The van der Waals surface area contributed by atoms with Gasteiger partial charge in [0.05, 0.1) is 6.10 Å². The molecule has 0 bridgehead atoms. The lowest BCUT2D eigenvalue weighted by Crippen LogP contribution is -2.29. The highest BCUT2D eigenvalue weighted by molar-refractivity contribution is 14.1. The van der Waals surface area contributed by atoms with Crippen molar-refractivity contribution in [3.05, 3.63) is 27.3 Å². The number of halogens is 1. The number of methoxy groups -OCH3 is 1. The van der Waals surface area contributed by atoms with Crippen LogP contribution < -0.4 is 4.74 Å². The summed E-state index contributed by atoms with van der Waals surface area (Å²) >= 11 is 2.10. The molecule has 1 aliphatic carbocycles. The largest absolute Gasteiger partial charge is 0.489 e. The highest BCUT2D eigenvalue weighted by Gasteiger charge is 2.24. The van der Waals surface area contributed by atoms with E-state index in [2.05, 4.69) is 22.6 Å². The minimum absolute atomic E-state index is 0.0388. The Morgan fingerprint density at radius 2 is 2.11 bits per heavy atom. The van der Waals surface area contributed by atoms with Crippen LogP contribution in [0, 0.1) is 3.57 Å². The fourth-order valence-corrected chi connectivity index (χ4v) is 2.87. The van der Waals surface area contributed by atoms with Crippen molar-refractivity contribution >= 4 is 28.6 Å². The number of hydrogen-bond acceptors (Lipinski definition) is 3. The molecule has 0 spiro atoms. The molecule has 2 rings (SSSR count). The fourth-order valence-electron chi connectivity index (χ4n) is 2.37. The third-order valence-electron chi connectivity index (χ3n) is 3.38. The van der Waals surface area contributed by atoms with Gasteiger partial charge in [0.1, 0.15) is 17.4 Å². The Kier molecular flexibility index (Phi) is 5.04. The Morgan fingerprint density at radius 1 is 1.37 bits per heavy atom. The van der Waals surface area contributed by atoms with E-state index in [9.17, 15) is 9.90 Å². The molecule has 1 aliphatic rings. The standard InChI is InChI=1S/C14H17IO4/c1-18-10-3-2-4-11(8-10)19-13-6-5-9(15)7-12(13)14(16)17/h5-7,10-11H,2-4,8H2,1H3,(H,16,17). The van der Waals surface area contributed by atoms with Crippen LogP contribution in [0.15, 0.2) is 18.2 Å². The van der Waals surface area contributed by atoms with Crippen LogP contribution in [0.5, 0.6) is 5.75 Å². The average Bonchev–Trinajstić information content (AvgIpc) is 2.41. The third-order valence-corrected chi connectivity index (χ3v) is 4.05. The van der Waals surface area contributed by atoms with Gasteiger partial charge in [-0.15, -0.1) is 0 Å². The van der Waals surface area contributed by atoms with Crippen LogP contribution in [0.25, 0.3) is 0 Å². The first kappa shape index (κ1) is 14.6. The Labute approximate surface area is 126 Å². The Hall–Kier alpha value is -0.820. The van der Waals surface area contributed by atoms with Gasteiger partial charge in [-0.05, 0) is 60.1 Å². The minimum atomic E-state index is -0.951. The van der Waals surface area contributed by atoms with Gasteiger partial charge in [0.2, 0.25) is 0 Å². The van der Waals surface area contributed by atoms with E-state index >= 15 is 0 Å². The Bertz CT molecular complexity index is 461. The lowest BCUT2D eigenvalue weighted by atomic mass is 9.95. The number of ether oxygens (including phenoxy) is 2. The van der Waals surface area contributed by atoms with Crippen molar-refractivity contribution in [1.29, 1.82) is 0 Å². The van der Waals surface area contributed by atoms with Gasteiger partial charge >= 0.3 is 5.97 Å². The quantitative estimate of drug-likeness (QED) is 0.820. The number of carboxylic acid groups (broad SMARTS) is 1. The predicted molar refractivity (Wildman–Crippen MR) is 79.8 cm³/mol. The van der Waals surface area contributed by atoms with Crippen LogP contribution in [0.4, 0.5) is 0 Å². The molecular formula is C14H17IO4. The Morgan fingerprint density at radius 3 is 2.79 bits per heavy atom. The zero-order valence-electron chi connectivity index (χ0n) is 10.8. The summed E-state index contributed by atoms with van der Waals surface area (Å²) in [6, 6.07) is 5.23. The maximum atomic E-state index is 11.2. The van der Waals surface area contributed by atoms with E-state index in [0.29, 0.717) is 5.75 Å². The first-order chi connectivity index (χ1) is 9.10. The van der Waals surface area contributed by atoms with E-state index in [1.807, 2.05) is 6.07 Å². The van der Waals surface area contributed by atoms with Crippen molar-refractivity contribution in [2.24, 2.45) is 0 Å². The first-order valence-electron chi connectivity index (χ1n) is 6.32. The monoisotopic (exact) mass is 376 g/mol. The molecule has 0 aromatic heterocycles. The number of carbonyl (C=O) groups is 1. The van der Waals surface area contributed by atoms with Crippen molar-refractivity contribution < 1.29 is 19.4 Å². The SMILES string of the molecule is COC1CCCC(Oc2ccc(I)cc2C(=O)O)C1. The predicted octanol–water partition coefficient (Wildman–Crippen LogP) is 3.33. The van der Waals surface area contributed by atoms with Crippen molar-refractivity contribution in [2.45, 2.75) is 37.9 Å². The van der Waals surface area contributed by atoms with Crippen LogP contribution in [0.3, 0.4) is 0 Å². The zero-order valence-corrected chi connectivity index (χ0v) is 12.9. The van der Waals surface area contributed by atoms with Crippen LogP contribution >= 0.6 is 22.6 Å².